The van der Waals surface area contributed by atoms with Crippen molar-refractivity contribution < 1.29 is 5.11 Å². The Labute approximate surface area is 104 Å². The lowest BCUT2D eigenvalue weighted by Gasteiger charge is -2.04. The molecule has 0 saturated carbocycles. The van der Waals surface area contributed by atoms with Gasteiger partial charge in [0.05, 0.1) is 11.8 Å². The van der Waals surface area contributed by atoms with Crippen LogP contribution in [0.25, 0.3) is 10.2 Å². The molecule has 0 amide bonds. The van der Waals surface area contributed by atoms with Crippen molar-refractivity contribution in [2.75, 3.05) is 6.61 Å². The lowest BCUT2D eigenvalue weighted by Crippen LogP contribution is -2.19. The maximum Gasteiger partial charge on any atom is 0.271 e. The third kappa shape index (κ3) is 2.56. The Morgan fingerprint density at radius 3 is 3.00 bits per heavy atom. The topological polar surface area (TPSA) is 55.1 Å². The van der Waals surface area contributed by atoms with Crippen molar-refractivity contribution in [1.82, 2.24) is 9.55 Å². The van der Waals surface area contributed by atoms with E-state index in [0.29, 0.717) is 6.54 Å². The maximum absolute atomic E-state index is 12.1. The van der Waals surface area contributed by atoms with Gasteiger partial charge >= 0.3 is 0 Å². The van der Waals surface area contributed by atoms with Gasteiger partial charge in [-0.1, -0.05) is 0 Å². The van der Waals surface area contributed by atoms with Gasteiger partial charge in [-0.05, 0) is 37.1 Å². The number of rotatable bonds is 5. The minimum Gasteiger partial charge on any atom is -0.396 e. The molecule has 0 radical (unpaired) electrons. The zero-order chi connectivity index (χ0) is 12.3. The van der Waals surface area contributed by atoms with Crippen LogP contribution in [0.1, 0.15) is 24.8 Å². The highest BCUT2D eigenvalue weighted by atomic mass is 32.1. The molecule has 0 aromatic carbocycles. The average Bonchev–Trinajstić information content (AvgIpc) is 2.70. The second kappa shape index (κ2) is 5.42. The zero-order valence-corrected chi connectivity index (χ0v) is 10.7. The number of unbranched alkanes of at least 4 members (excludes halogenated alkanes) is 2. The lowest BCUT2D eigenvalue weighted by atomic mass is 10.2. The van der Waals surface area contributed by atoms with Gasteiger partial charge in [0.25, 0.3) is 5.56 Å². The van der Waals surface area contributed by atoms with Crippen molar-refractivity contribution in [2.24, 2.45) is 0 Å². The third-order valence-electron chi connectivity index (χ3n) is 2.78. The lowest BCUT2D eigenvalue weighted by molar-refractivity contribution is 0.281. The predicted octanol–water partition coefficient (Wildman–Crippen LogP) is 1.93. The minimum absolute atomic E-state index is 0.0529. The molecule has 4 nitrogen and oxygen atoms in total. The van der Waals surface area contributed by atoms with Crippen molar-refractivity contribution in [2.45, 2.75) is 32.7 Å². The van der Waals surface area contributed by atoms with Crippen molar-refractivity contribution in [3.8, 4) is 0 Å². The van der Waals surface area contributed by atoms with E-state index in [4.69, 9.17) is 5.11 Å². The summed E-state index contributed by atoms with van der Waals surface area (Å²) < 4.78 is 2.41. The first-order valence-electron chi connectivity index (χ1n) is 5.78. The number of aryl methyl sites for hydroxylation is 2. The van der Waals surface area contributed by atoms with Crippen LogP contribution in [0.5, 0.6) is 0 Å². The fourth-order valence-corrected chi connectivity index (χ4v) is 2.74. The quantitative estimate of drug-likeness (QED) is 0.827. The average molecular weight is 252 g/mol. The number of hydrogen-bond donors (Lipinski definition) is 1. The van der Waals surface area contributed by atoms with E-state index in [1.165, 1.54) is 11.3 Å². The Balaban J connectivity index is 2.18. The van der Waals surface area contributed by atoms with Crippen LogP contribution in [0.15, 0.2) is 16.5 Å². The Morgan fingerprint density at radius 2 is 2.24 bits per heavy atom. The summed E-state index contributed by atoms with van der Waals surface area (Å²) in [5.41, 5.74) is 1.94. The Bertz CT molecular complexity index is 559. The van der Waals surface area contributed by atoms with E-state index in [2.05, 4.69) is 4.98 Å². The Kier molecular flexibility index (Phi) is 3.91. The van der Waals surface area contributed by atoms with E-state index < -0.39 is 0 Å². The molecule has 0 aliphatic rings. The SMILES string of the molecule is Cc1csc2c(=O)n(CCCCCO)cnc12. The molecule has 5 heteroatoms. The second-order valence-corrected chi connectivity index (χ2v) is 5.00. The van der Waals surface area contributed by atoms with E-state index in [1.807, 2.05) is 12.3 Å². The third-order valence-corrected chi connectivity index (χ3v) is 3.86. The van der Waals surface area contributed by atoms with Gasteiger partial charge in [-0.25, -0.2) is 4.98 Å². The molecule has 2 aromatic heterocycles. The predicted molar refractivity (Wildman–Crippen MR) is 69.6 cm³/mol. The van der Waals surface area contributed by atoms with Gasteiger partial charge in [-0.3, -0.25) is 9.36 Å². The Hall–Kier alpha value is -1.20. The first-order chi connectivity index (χ1) is 8.24. The zero-order valence-electron chi connectivity index (χ0n) is 9.85. The largest absolute Gasteiger partial charge is 0.396 e. The number of aromatic nitrogens is 2. The number of nitrogens with zero attached hydrogens (tertiary/aromatic N) is 2. The minimum atomic E-state index is 0.0529. The van der Waals surface area contributed by atoms with Crippen LogP contribution in [0.2, 0.25) is 0 Å². The summed E-state index contributed by atoms with van der Waals surface area (Å²) in [5.74, 6) is 0. The molecule has 0 unspecified atom stereocenters. The molecule has 0 bridgehead atoms. The van der Waals surface area contributed by atoms with Gasteiger partial charge in [0, 0.05) is 13.2 Å². The highest BCUT2D eigenvalue weighted by molar-refractivity contribution is 7.17. The summed E-state index contributed by atoms with van der Waals surface area (Å²) in [7, 11) is 0. The summed E-state index contributed by atoms with van der Waals surface area (Å²) in [6, 6.07) is 0. The summed E-state index contributed by atoms with van der Waals surface area (Å²) in [5, 5.41) is 10.7. The maximum atomic E-state index is 12.1. The van der Waals surface area contributed by atoms with Crippen molar-refractivity contribution >= 4 is 21.6 Å². The summed E-state index contributed by atoms with van der Waals surface area (Å²) in [6.45, 7) is 2.87. The Morgan fingerprint density at radius 1 is 1.41 bits per heavy atom. The summed E-state index contributed by atoms with van der Waals surface area (Å²) in [6.07, 6.45) is 4.26. The molecule has 17 heavy (non-hydrogen) atoms. The smallest absolute Gasteiger partial charge is 0.271 e. The van der Waals surface area contributed by atoms with Crippen LogP contribution in [-0.4, -0.2) is 21.3 Å². The standard InChI is InChI=1S/C12H16N2O2S/c1-9-7-17-11-10(9)13-8-14(12(11)16)5-3-2-4-6-15/h7-8,15H,2-6H2,1H3. The van der Waals surface area contributed by atoms with Crippen LogP contribution in [-0.2, 0) is 6.54 Å². The summed E-state index contributed by atoms with van der Waals surface area (Å²) in [4.78, 5) is 16.4. The van der Waals surface area contributed by atoms with Crippen LogP contribution >= 0.6 is 11.3 Å². The van der Waals surface area contributed by atoms with E-state index in [0.717, 1.165) is 35.0 Å². The molecule has 92 valence electrons. The molecule has 2 rings (SSSR count). The van der Waals surface area contributed by atoms with Gasteiger partial charge in [0.15, 0.2) is 0 Å². The molecule has 2 heterocycles. The van der Waals surface area contributed by atoms with Gasteiger partial charge < -0.3 is 5.11 Å². The monoisotopic (exact) mass is 252 g/mol. The van der Waals surface area contributed by atoms with E-state index in [1.54, 1.807) is 10.9 Å². The fraction of sp³-hybridized carbons (Fsp3) is 0.500. The number of fused-ring (bicyclic) bond motifs is 1. The molecule has 0 saturated heterocycles. The van der Waals surface area contributed by atoms with Gasteiger partial charge in [-0.15, -0.1) is 11.3 Å². The van der Waals surface area contributed by atoms with E-state index >= 15 is 0 Å². The molecule has 1 N–H and O–H groups in total. The van der Waals surface area contributed by atoms with Crippen molar-refractivity contribution in [3.05, 3.63) is 27.6 Å². The highest BCUT2D eigenvalue weighted by Crippen LogP contribution is 2.19. The van der Waals surface area contributed by atoms with Crippen LogP contribution < -0.4 is 5.56 Å². The second-order valence-electron chi connectivity index (χ2n) is 4.12. The van der Waals surface area contributed by atoms with Crippen molar-refractivity contribution in [3.63, 3.8) is 0 Å². The molecule has 0 aliphatic carbocycles. The van der Waals surface area contributed by atoms with Crippen LogP contribution in [0.4, 0.5) is 0 Å². The number of thiophene rings is 1. The van der Waals surface area contributed by atoms with E-state index in [9.17, 15) is 4.79 Å². The number of hydrogen-bond acceptors (Lipinski definition) is 4. The normalized spacial score (nSPS) is 11.2. The number of aliphatic hydroxyl groups excluding tert-OH is 1. The fourth-order valence-electron chi connectivity index (χ4n) is 1.79. The molecule has 0 aliphatic heterocycles. The van der Waals surface area contributed by atoms with Gasteiger partial charge in [0.2, 0.25) is 0 Å². The first-order valence-corrected chi connectivity index (χ1v) is 6.66. The van der Waals surface area contributed by atoms with Crippen LogP contribution in [0.3, 0.4) is 0 Å². The molecule has 0 atom stereocenters. The molecule has 0 spiro atoms. The molecule has 2 aromatic rings. The number of aliphatic hydroxyl groups is 1. The van der Waals surface area contributed by atoms with E-state index in [-0.39, 0.29) is 12.2 Å². The highest BCUT2D eigenvalue weighted by Gasteiger charge is 2.07. The van der Waals surface area contributed by atoms with Gasteiger partial charge in [0.1, 0.15) is 4.70 Å². The van der Waals surface area contributed by atoms with Crippen LogP contribution in [0, 0.1) is 6.92 Å². The molecular weight excluding hydrogens is 236 g/mol. The summed E-state index contributed by atoms with van der Waals surface area (Å²) >= 11 is 1.46. The molecular formula is C12H16N2O2S. The first kappa shape index (κ1) is 12.3. The van der Waals surface area contributed by atoms with Crippen molar-refractivity contribution in [1.29, 1.82) is 0 Å². The molecule has 0 fully saturated rings. The van der Waals surface area contributed by atoms with Gasteiger partial charge in [-0.2, -0.15) is 0 Å².